The quantitative estimate of drug-likeness (QED) is 0.863. The highest BCUT2D eigenvalue weighted by atomic mass is 19.1. The number of hydrogen-bond donors (Lipinski definition) is 2. The molecule has 0 bridgehead atoms. The molecule has 5 heteroatoms. The lowest BCUT2D eigenvalue weighted by Gasteiger charge is -2.28. The van der Waals surface area contributed by atoms with E-state index < -0.39 is 5.82 Å². The lowest BCUT2D eigenvalue weighted by Crippen LogP contribution is -2.46. The summed E-state index contributed by atoms with van der Waals surface area (Å²) >= 11 is 0. The van der Waals surface area contributed by atoms with E-state index in [0.29, 0.717) is 11.7 Å². The topological polar surface area (TPSA) is 54.0 Å². The van der Waals surface area contributed by atoms with Crippen molar-refractivity contribution in [1.82, 2.24) is 10.3 Å². The van der Waals surface area contributed by atoms with Crippen LogP contribution in [-0.2, 0) is 4.79 Å². The van der Waals surface area contributed by atoms with Crippen molar-refractivity contribution in [3.63, 3.8) is 0 Å². The summed E-state index contributed by atoms with van der Waals surface area (Å²) in [6, 6.07) is 2.58. The van der Waals surface area contributed by atoms with Crippen LogP contribution in [0.1, 0.15) is 26.2 Å². The molecule has 2 rings (SSSR count). The van der Waals surface area contributed by atoms with E-state index in [1.807, 2.05) is 0 Å². The van der Waals surface area contributed by atoms with Crippen LogP contribution in [-0.4, -0.2) is 23.5 Å². The van der Waals surface area contributed by atoms with Crippen LogP contribution in [0, 0.1) is 11.7 Å². The van der Waals surface area contributed by atoms with E-state index in [0.717, 1.165) is 32.0 Å². The van der Waals surface area contributed by atoms with E-state index >= 15 is 0 Å². The molecule has 0 radical (unpaired) electrons. The largest absolute Gasteiger partial charge is 0.309 e. The van der Waals surface area contributed by atoms with Crippen LogP contribution in [0.4, 0.5) is 10.2 Å². The molecule has 1 amide bonds. The number of aromatic nitrogens is 1. The Hall–Kier alpha value is -1.49. The van der Waals surface area contributed by atoms with E-state index in [1.165, 1.54) is 12.1 Å². The second-order valence-corrected chi connectivity index (χ2v) is 4.66. The maximum Gasteiger partial charge on any atom is 0.242 e. The number of rotatable bonds is 3. The van der Waals surface area contributed by atoms with Gasteiger partial charge in [-0.15, -0.1) is 0 Å². The molecular formula is C13H18FN3O. The van der Waals surface area contributed by atoms with Crippen molar-refractivity contribution in [2.75, 3.05) is 11.9 Å². The van der Waals surface area contributed by atoms with Gasteiger partial charge in [-0.25, -0.2) is 9.37 Å². The Labute approximate surface area is 106 Å². The van der Waals surface area contributed by atoms with Gasteiger partial charge in [-0.3, -0.25) is 4.79 Å². The standard InChI is InChI=1S/C13H18FN3O/c1-2-9-5-6-15-11(7-9)13(18)17-12-4-3-10(14)8-16-12/h3-4,8-9,11,15H,2,5-7H2,1H3,(H,16,17,18). The van der Waals surface area contributed by atoms with Crippen LogP contribution < -0.4 is 10.6 Å². The summed E-state index contributed by atoms with van der Waals surface area (Å²) in [5.74, 6) is 0.493. The van der Waals surface area contributed by atoms with Crippen molar-refractivity contribution in [2.24, 2.45) is 5.92 Å². The third-order valence-electron chi connectivity index (χ3n) is 3.38. The second kappa shape index (κ2) is 5.91. The van der Waals surface area contributed by atoms with E-state index in [2.05, 4.69) is 22.5 Å². The minimum atomic E-state index is -0.408. The summed E-state index contributed by atoms with van der Waals surface area (Å²) in [5.41, 5.74) is 0. The SMILES string of the molecule is CCC1CCNC(C(=O)Nc2ccc(F)cn2)C1. The summed E-state index contributed by atoms with van der Waals surface area (Å²) < 4.78 is 12.7. The number of hydrogen-bond acceptors (Lipinski definition) is 3. The summed E-state index contributed by atoms with van der Waals surface area (Å²) in [5, 5.41) is 5.91. The van der Waals surface area contributed by atoms with Crippen molar-refractivity contribution in [3.05, 3.63) is 24.1 Å². The zero-order valence-corrected chi connectivity index (χ0v) is 10.4. The van der Waals surface area contributed by atoms with Gasteiger partial charge in [-0.05, 0) is 37.4 Å². The van der Waals surface area contributed by atoms with Crippen LogP contribution >= 0.6 is 0 Å². The normalized spacial score (nSPS) is 23.7. The molecule has 2 unspecified atom stereocenters. The summed E-state index contributed by atoms with van der Waals surface area (Å²) in [6.45, 7) is 3.01. The minimum Gasteiger partial charge on any atom is -0.309 e. The molecule has 2 N–H and O–H groups in total. The molecule has 2 atom stereocenters. The smallest absolute Gasteiger partial charge is 0.242 e. The van der Waals surface area contributed by atoms with Crippen LogP contribution in [0.5, 0.6) is 0 Å². The van der Waals surface area contributed by atoms with Gasteiger partial charge in [0.05, 0.1) is 12.2 Å². The van der Waals surface area contributed by atoms with Gasteiger partial charge in [-0.1, -0.05) is 13.3 Å². The van der Waals surface area contributed by atoms with Gasteiger partial charge < -0.3 is 10.6 Å². The van der Waals surface area contributed by atoms with E-state index in [-0.39, 0.29) is 11.9 Å². The molecule has 1 aromatic heterocycles. The number of carbonyl (C=O) groups excluding carboxylic acids is 1. The Morgan fingerprint density at radius 2 is 2.44 bits per heavy atom. The lowest BCUT2D eigenvalue weighted by atomic mass is 9.90. The van der Waals surface area contributed by atoms with Crippen LogP contribution in [0.15, 0.2) is 18.3 Å². The average Bonchev–Trinajstić information content (AvgIpc) is 2.41. The van der Waals surface area contributed by atoms with Crippen LogP contribution in [0.3, 0.4) is 0 Å². The maximum absolute atomic E-state index is 12.7. The number of nitrogens with one attached hydrogen (secondary N) is 2. The van der Waals surface area contributed by atoms with Crippen molar-refractivity contribution in [1.29, 1.82) is 0 Å². The Morgan fingerprint density at radius 3 is 3.11 bits per heavy atom. The second-order valence-electron chi connectivity index (χ2n) is 4.66. The molecule has 4 nitrogen and oxygen atoms in total. The Kier molecular flexibility index (Phi) is 4.25. The summed E-state index contributed by atoms with van der Waals surface area (Å²) in [6.07, 6.45) is 4.16. The van der Waals surface area contributed by atoms with Crippen molar-refractivity contribution in [3.8, 4) is 0 Å². The highest BCUT2D eigenvalue weighted by Gasteiger charge is 2.25. The number of pyridine rings is 1. The minimum absolute atomic E-state index is 0.0905. The first kappa shape index (κ1) is 13.0. The van der Waals surface area contributed by atoms with Crippen molar-refractivity contribution in [2.45, 2.75) is 32.2 Å². The van der Waals surface area contributed by atoms with Gasteiger partial charge in [0.15, 0.2) is 0 Å². The molecule has 0 aromatic carbocycles. The number of carbonyl (C=O) groups is 1. The highest BCUT2D eigenvalue weighted by molar-refractivity contribution is 5.94. The van der Waals surface area contributed by atoms with Gasteiger partial charge in [0.25, 0.3) is 0 Å². The highest BCUT2D eigenvalue weighted by Crippen LogP contribution is 2.20. The molecule has 1 fully saturated rings. The predicted octanol–water partition coefficient (Wildman–Crippen LogP) is 1.94. The van der Waals surface area contributed by atoms with Gasteiger partial charge in [0, 0.05) is 0 Å². The number of piperidine rings is 1. The average molecular weight is 251 g/mol. The third kappa shape index (κ3) is 3.26. The Balaban J connectivity index is 1.93. The Bertz CT molecular complexity index is 407. The predicted molar refractivity (Wildman–Crippen MR) is 67.6 cm³/mol. The molecular weight excluding hydrogens is 233 g/mol. The molecule has 98 valence electrons. The number of halogens is 1. The van der Waals surface area contributed by atoms with Gasteiger partial charge in [0.2, 0.25) is 5.91 Å². The number of amides is 1. The van der Waals surface area contributed by atoms with Crippen LogP contribution in [0.25, 0.3) is 0 Å². The number of nitrogens with zero attached hydrogens (tertiary/aromatic N) is 1. The summed E-state index contributed by atoms with van der Waals surface area (Å²) in [7, 11) is 0. The molecule has 18 heavy (non-hydrogen) atoms. The fourth-order valence-electron chi connectivity index (χ4n) is 2.23. The monoisotopic (exact) mass is 251 g/mol. The first-order valence-corrected chi connectivity index (χ1v) is 6.35. The van der Waals surface area contributed by atoms with Gasteiger partial charge >= 0.3 is 0 Å². The maximum atomic E-state index is 12.7. The number of anilines is 1. The van der Waals surface area contributed by atoms with E-state index in [1.54, 1.807) is 0 Å². The molecule has 1 aliphatic heterocycles. The molecule has 0 spiro atoms. The lowest BCUT2D eigenvalue weighted by molar-refractivity contribution is -0.119. The van der Waals surface area contributed by atoms with Crippen molar-refractivity contribution >= 4 is 11.7 Å². The first-order valence-electron chi connectivity index (χ1n) is 6.35. The van der Waals surface area contributed by atoms with E-state index in [4.69, 9.17) is 0 Å². The molecule has 0 aliphatic carbocycles. The molecule has 1 saturated heterocycles. The van der Waals surface area contributed by atoms with E-state index in [9.17, 15) is 9.18 Å². The zero-order chi connectivity index (χ0) is 13.0. The fraction of sp³-hybridized carbons (Fsp3) is 0.538. The van der Waals surface area contributed by atoms with Gasteiger partial charge in [0.1, 0.15) is 11.6 Å². The summed E-state index contributed by atoms with van der Waals surface area (Å²) in [4.78, 5) is 15.8. The fourth-order valence-corrected chi connectivity index (χ4v) is 2.23. The van der Waals surface area contributed by atoms with Crippen LogP contribution in [0.2, 0.25) is 0 Å². The third-order valence-corrected chi connectivity index (χ3v) is 3.38. The molecule has 1 aliphatic rings. The van der Waals surface area contributed by atoms with Crippen molar-refractivity contribution < 1.29 is 9.18 Å². The zero-order valence-electron chi connectivity index (χ0n) is 10.4. The molecule has 2 heterocycles. The molecule has 1 aromatic rings. The first-order chi connectivity index (χ1) is 8.69. The van der Waals surface area contributed by atoms with Gasteiger partial charge in [-0.2, -0.15) is 0 Å². The molecule has 0 saturated carbocycles. The Morgan fingerprint density at radius 1 is 1.61 bits per heavy atom.